The van der Waals surface area contributed by atoms with E-state index in [2.05, 4.69) is 5.32 Å². The second-order valence-electron chi connectivity index (χ2n) is 6.98. The van der Waals surface area contributed by atoms with Gasteiger partial charge in [-0.2, -0.15) is 4.31 Å². The normalized spacial score (nSPS) is 14.7. The molecule has 8 nitrogen and oxygen atoms in total. The van der Waals surface area contributed by atoms with Gasteiger partial charge in [-0.25, -0.2) is 8.42 Å². The molecular weight excluding hydrogens is 444 g/mol. The maximum absolute atomic E-state index is 13.0. The minimum Gasteiger partial charge on any atom is -0.493 e. The van der Waals surface area contributed by atoms with Crippen molar-refractivity contribution in [2.75, 3.05) is 39.7 Å². The Bertz CT molecular complexity index is 1040. The minimum absolute atomic E-state index is 0.0754. The average molecular weight is 469 g/mol. The monoisotopic (exact) mass is 468 g/mol. The number of benzene rings is 2. The second-order valence-corrected chi connectivity index (χ2v) is 9.29. The summed E-state index contributed by atoms with van der Waals surface area (Å²) in [4.78, 5) is 12.8. The van der Waals surface area contributed by atoms with Gasteiger partial charge in [0.25, 0.3) is 5.91 Å². The van der Waals surface area contributed by atoms with Crippen molar-refractivity contribution in [3.63, 3.8) is 0 Å². The highest BCUT2D eigenvalue weighted by molar-refractivity contribution is 7.89. The number of carbonyl (C=O) groups is 1. The molecule has 31 heavy (non-hydrogen) atoms. The van der Waals surface area contributed by atoms with Gasteiger partial charge >= 0.3 is 0 Å². The number of ether oxygens (including phenoxy) is 3. The lowest BCUT2D eigenvalue weighted by atomic mass is 10.2. The van der Waals surface area contributed by atoms with Crippen LogP contribution in [0.25, 0.3) is 0 Å². The molecule has 1 N–H and O–H groups in total. The summed E-state index contributed by atoms with van der Waals surface area (Å²) < 4.78 is 43.4. The van der Waals surface area contributed by atoms with Crippen molar-refractivity contribution in [1.82, 2.24) is 4.31 Å². The van der Waals surface area contributed by atoms with Gasteiger partial charge in [-0.3, -0.25) is 4.79 Å². The van der Waals surface area contributed by atoms with Crippen molar-refractivity contribution in [2.24, 2.45) is 0 Å². The molecule has 168 valence electrons. The summed E-state index contributed by atoms with van der Waals surface area (Å²) >= 11 is 6.19. The van der Waals surface area contributed by atoms with Crippen molar-refractivity contribution in [1.29, 1.82) is 0 Å². The lowest BCUT2D eigenvalue weighted by Gasteiger charge is -2.26. The molecule has 1 saturated heterocycles. The van der Waals surface area contributed by atoms with Crippen LogP contribution in [0.15, 0.2) is 35.2 Å². The summed E-state index contributed by atoms with van der Waals surface area (Å²) in [6.45, 7) is 0.890. The van der Waals surface area contributed by atoms with Crippen LogP contribution >= 0.6 is 11.6 Å². The van der Waals surface area contributed by atoms with Gasteiger partial charge in [0.05, 0.1) is 26.4 Å². The van der Waals surface area contributed by atoms with Crippen LogP contribution in [0, 0.1) is 0 Å². The van der Waals surface area contributed by atoms with E-state index in [0.717, 1.165) is 19.3 Å². The molecule has 2 aromatic rings. The second kappa shape index (κ2) is 9.76. The Kier molecular flexibility index (Phi) is 7.30. The first-order valence-corrected chi connectivity index (χ1v) is 11.5. The lowest BCUT2D eigenvalue weighted by molar-refractivity contribution is 0.102. The molecule has 1 heterocycles. The van der Waals surface area contributed by atoms with Crippen molar-refractivity contribution in [2.45, 2.75) is 24.2 Å². The number of rotatable bonds is 7. The van der Waals surface area contributed by atoms with Crippen molar-refractivity contribution >= 4 is 33.2 Å². The Morgan fingerprint density at radius 1 is 0.968 bits per heavy atom. The zero-order valence-corrected chi connectivity index (χ0v) is 19.2. The fraction of sp³-hybridized carbons (Fsp3) is 0.381. The molecule has 0 atom stereocenters. The third kappa shape index (κ3) is 4.89. The summed E-state index contributed by atoms with van der Waals surface area (Å²) in [6, 6.07) is 7.37. The Balaban J connectivity index is 1.90. The van der Waals surface area contributed by atoms with Gasteiger partial charge in [0.15, 0.2) is 11.5 Å². The first kappa shape index (κ1) is 23.2. The maximum Gasteiger partial charge on any atom is 0.255 e. The van der Waals surface area contributed by atoms with E-state index in [-0.39, 0.29) is 15.5 Å². The molecular formula is C21H25ClN2O6S. The Morgan fingerprint density at radius 3 is 2.13 bits per heavy atom. The number of sulfonamides is 1. The molecule has 1 aliphatic heterocycles. The topological polar surface area (TPSA) is 94.2 Å². The first-order chi connectivity index (χ1) is 14.8. The van der Waals surface area contributed by atoms with Gasteiger partial charge in [0.1, 0.15) is 4.90 Å². The molecule has 1 aliphatic rings. The van der Waals surface area contributed by atoms with E-state index >= 15 is 0 Å². The number of hydrogen-bond acceptors (Lipinski definition) is 6. The van der Waals surface area contributed by atoms with Gasteiger partial charge < -0.3 is 19.5 Å². The molecule has 1 fully saturated rings. The predicted octanol–water partition coefficient (Wildman–Crippen LogP) is 3.79. The number of piperidine rings is 1. The van der Waals surface area contributed by atoms with Crippen LogP contribution in [0.5, 0.6) is 17.2 Å². The number of methoxy groups -OCH3 is 3. The number of nitrogens with one attached hydrogen (secondary N) is 1. The van der Waals surface area contributed by atoms with E-state index in [1.807, 2.05) is 0 Å². The molecule has 1 amide bonds. The van der Waals surface area contributed by atoms with Crippen LogP contribution in [0.4, 0.5) is 5.69 Å². The molecule has 0 saturated carbocycles. The number of amides is 1. The first-order valence-electron chi connectivity index (χ1n) is 9.73. The predicted molar refractivity (Wildman–Crippen MR) is 118 cm³/mol. The van der Waals surface area contributed by atoms with Gasteiger partial charge in [-0.1, -0.05) is 18.0 Å². The summed E-state index contributed by atoms with van der Waals surface area (Å²) in [6.07, 6.45) is 2.60. The maximum atomic E-state index is 13.0. The van der Waals surface area contributed by atoms with Crippen LogP contribution in [0.3, 0.4) is 0 Å². The molecule has 2 aromatic carbocycles. The fourth-order valence-electron chi connectivity index (χ4n) is 3.44. The van der Waals surface area contributed by atoms with Crippen LogP contribution in [0.1, 0.15) is 29.6 Å². The van der Waals surface area contributed by atoms with E-state index < -0.39 is 15.9 Å². The zero-order valence-electron chi connectivity index (χ0n) is 17.6. The molecule has 0 aromatic heterocycles. The van der Waals surface area contributed by atoms with Crippen molar-refractivity contribution in [3.8, 4) is 17.2 Å². The van der Waals surface area contributed by atoms with Gasteiger partial charge in [-0.05, 0) is 31.0 Å². The summed E-state index contributed by atoms with van der Waals surface area (Å²) in [5.41, 5.74) is 0.559. The summed E-state index contributed by atoms with van der Waals surface area (Å²) in [5.74, 6) is 0.647. The minimum atomic E-state index is -3.79. The van der Waals surface area contributed by atoms with Gasteiger partial charge in [0.2, 0.25) is 15.8 Å². The standard InChI is InChI=1S/C21H25ClN2O6S/c1-28-17-12-15(13-18(29-2)20(17)30-3)23-21(25)14-7-8-16(22)19(11-14)31(26,27)24-9-5-4-6-10-24/h7-8,11-13H,4-6,9-10H2,1-3H3,(H,23,25). The quantitative estimate of drug-likeness (QED) is 0.664. The number of anilines is 1. The average Bonchev–Trinajstić information content (AvgIpc) is 2.78. The molecule has 3 rings (SSSR count). The van der Waals surface area contributed by atoms with E-state index in [4.69, 9.17) is 25.8 Å². The zero-order chi connectivity index (χ0) is 22.6. The Hall–Kier alpha value is -2.49. The smallest absolute Gasteiger partial charge is 0.255 e. The molecule has 0 bridgehead atoms. The van der Waals surface area contributed by atoms with E-state index in [0.29, 0.717) is 36.0 Å². The molecule has 0 spiro atoms. The largest absolute Gasteiger partial charge is 0.493 e. The lowest BCUT2D eigenvalue weighted by Crippen LogP contribution is -2.35. The van der Waals surface area contributed by atoms with Crippen LogP contribution < -0.4 is 19.5 Å². The van der Waals surface area contributed by atoms with Gasteiger partial charge in [0, 0.05) is 36.5 Å². The van der Waals surface area contributed by atoms with Crippen LogP contribution in [0.2, 0.25) is 5.02 Å². The van der Waals surface area contributed by atoms with Crippen LogP contribution in [-0.4, -0.2) is 53.0 Å². The molecule has 10 heteroatoms. The Morgan fingerprint density at radius 2 is 1.58 bits per heavy atom. The van der Waals surface area contributed by atoms with Crippen LogP contribution in [-0.2, 0) is 10.0 Å². The molecule has 0 radical (unpaired) electrons. The fourth-order valence-corrected chi connectivity index (χ4v) is 5.46. The summed E-state index contributed by atoms with van der Waals surface area (Å²) in [7, 11) is 0.640. The van der Waals surface area contributed by atoms with E-state index in [9.17, 15) is 13.2 Å². The van der Waals surface area contributed by atoms with E-state index in [1.54, 1.807) is 12.1 Å². The highest BCUT2D eigenvalue weighted by Gasteiger charge is 2.29. The van der Waals surface area contributed by atoms with Crippen molar-refractivity contribution < 1.29 is 27.4 Å². The highest BCUT2D eigenvalue weighted by atomic mass is 35.5. The Labute approximate surface area is 187 Å². The SMILES string of the molecule is COc1cc(NC(=O)c2ccc(Cl)c(S(=O)(=O)N3CCCCC3)c2)cc(OC)c1OC. The number of hydrogen-bond donors (Lipinski definition) is 1. The van der Waals surface area contributed by atoms with Gasteiger partial charge in [-0.15, -0.1) is 0 Å². The van der Waals surface area contributed by atoms with Crippen molar-refractivity contribution in [3.05, 3.63) is 40.9 Å². The third-order valence-electron chi connectivity index (χ3n) is 5.05. The molecule has 0 unspecified atom stereocenters. The highest BCUT2D eigenvalue weighted by Crippen LogP contribution is 2.40. The summed E-state index contributed by atoms with van der Waals surface area (Å²) in [5, 5.41) is 2.81. The number of carbonyl (C=O) groups excluding carboxylic acids is 1. The number of halogens is 1. The number of nitrogens with zero attached hydrogens (tertiary/aromatic N) is 1. The third-order valence-corrected chi connectivity index (χ3v) is 7.43. The molecule has 0 aliphatic carbocycles. The van der Waals surface area contributed by atoms with E-state index in [1.165, 1.54) is 43.8 Å².